The van der Waals surface area contributed by atoms with Crippen molar-refractivity contribution >= 4 is 15.7 Å². The number of hydrogen-bond acceptors (Lipinski definition) is 4. The number of carbonyl (C=O) groups excluding carboxylic acids is 1. The van der Waals surface area contributed by atoms with Gasteiger partial charge in [0.2, 0.25) is 0 Å². The van der Waals surface area contributed by atoms with Crippen LogP contribution >= 0.6 is 0 Å². The fourth-order valence-electron chi connectivity index (χ4n) is 2.83. The van der Waals surface area contributed by atoms with E-state index in [-0.39, 0.29) is 35.3 Å². The second-order valence-electron chi connectivity index (χ2n) is 6.40. The fourth-order valence-corrected chi connectivity index (χ4v) is 4.10. The number of sulfone groups is 1. The maximum Gasteiger partial charge on any atom is 0.290 e. The highest BCUT2D eigenvalue weighted by atomic mass is 32.2. The highest BCUT2D eigenvalue weighted by Crippen LogP contribution is 2.20. The molecule has 3 rings (SSSR count). The summed E-state index contributed by atoms with van der Waals surface area (Å²) in [6.45, 7) is 3.85. The zero-order chi connectivity index (χ0) is 20.9. The van der Waals surface area contributed by atoms with Gasteiger partial charge < -0.3 is 9.32 Å². The average Bonchev–Trinajstić information content (AvgIpc) is 3.17. The lowest BCUT2D eigenvalue weighted by molar-refractivity contribution is 0.0727. The maximum atomic E-state index is 14.0. The molecule has 150 valence electrons. The molecule has 0 fully saturated rings. The number of benzene rings is 2. The highest BCUT2D eigenvalue weighted by Gasteiger charge is 2.22. The lowest BCUT2D eigenvalue weighted by atomic mass is 10.2. The minimum absolute atomic E-state index is 0.0125. The molecule has 0 bridgehead atoms. The molecule has 2 aromatic carbocycles. The van der Waals surface area contributed by atoms with Crippen LogP contribution in [0, 0.1) is 5.82 Å². The van der Waals surface area contributed by atoms with Crippen molar-refractivity contribution in [1.82, 2.24) is 4.90 Å². The first kappa shape index (κ1) is 20.5. The molecule has 0 saturated heterocycles. The molecule has 0 N–H and O–H groups in total. The molecule has 0 aliphatic heterocycles. The molecule has 0 atom stereocenters. The predicted molar refractivity (Wildman–Crippen MR) is 107 cm³/mol. The Morgan fingerprint density at radius 1 is 1.03 bits per heavy atom. The van der Waals surface area contributed by atoms with Gasteiger partial charge in [-0.1, -0.05) is 42.5 Å². The first-order chi connectivity index (χ1) is 13.9. The van der Waals surface area contributed by atoms with Gasteiger partial charge in [0, 0.05) is 18.7 Å². The molecule has 0 radical (unpaired) electrons. The van der Waals surface area contributed by atoms with Crippen LogP contribution in [0.15, 0.2) is 88.7 Å². The zero-order valence-electron chi connectivity index (χ0n) is 15.6. The molecule has 5 nitrogen and oxygen atoms in total. The van der Waals surface area contributed by atoms with Crippen molar-refractivity contribution in [2.75, 3.05) is 6.54 Å². The van der Waals surface area contributed by atoms with Crippen LogP contribution in [0.1, 0.15) is 21.9 Å². The molecule has 29 heavy (non-hydrogen) atoms. The number of carbonyl (C=O) groups is 1. The van der Waals surface area contributed by atoms with Gasteiger partial charge in [0.05, 0.1) is 4.90 Å². The molecule has 0 unspecified atom stereocenters. The quantitative estimate of drug-likeness (QED) is 0.519. The standard InChI is InChI=1S/C22H20FNO4S/c1-2-14-24(15-17-8-6-7-11-20(17)23)22(25)21-13-12-18(28-21)16-29(26,27)19-9-4-3-5-10-19/h2-13H,1,14-16H2. The van der Waals surface area contributed by atoms with Crippen LogP contribution in [0.4, 0.5) is 4.39 Å². The summed E-state index contributed by atoms with van der Waals surface area (Å²) in [6.07, 6.45) is 1.53. The summed E-state index contributed by atoms with van der Waals surface area (Å²) >= 11 is 0. The molecule has 0 spiro atoms. The Bertz CT molecular complexity index is 1110. The lowest BCUT2D eigenvalue weighted by Crippen LogP contribution is -2.30. The van der Waals surface area contributed by atoms with Gasteiger partial charge in [0.15, 0.2) is 15.6 Å². The smallest absolute Gasteiger partial charge is 0.290 e. The molecular weight excluding hydrogens is 393 g/mol. The Kier molecular flexibility index (Phi) is 6.29. The van der Waals surface area contributed by atoms with Crippen molar-refractivity contribution in [1.29, 1.82) is 0 Å². The number of rotatable bonds is 8. The second kappa shape index (κ2) is 8.87. The Balaban J connectivity index is 1.78. The van der Waals surface area contributed by atoms with Gasteiger partial charge in [-0.3, -0.25) is 4.79 Å². The van der Waals surface area contributed by atoms with Crippen LogP contribution in [-0.4, -0.2) is 25.8 Å². The van der Waals surface area contributed by atoms with Crippen LogP contribution in [0.2, 0.25) is 0 Å². The van der Waals surface area contributed by atoms with E-state index in [1.165, 1.54) is 41.3 Å². The Hall–Kier alpha value is -3.19. The van der Waals surface area contributed by atoms with Gasteiger partial charge in [-0.2, -0.15) is 0 Å². The van der Waals surface area contributed by atoms with Gasteiger partial charge in [0.1, 0.15) is 17.3 Å². The second-order valence-corrected chi connectivity index (χ2v) is 8.39. The SMILES string of the molecule is C=CCN(Cc1ccccc1F)C(=O)c1ccc(CS(=O)(=O)c2ccccc2)o1. The summed E-state index contributed by atoms with van der Waals surface area (Å²) < 4.78 is 44.4. The van der Waals surface area contributed by atoms with E-state index in [2.05, 4.69) is 6.58 Å². The van der Waals surface area contributed by atoms with E-state index in [0.717, 1.165) is 0 Å². The normalized spacial score (nSPS) is 11.2. The molecule has 0 saturated carbocycles. The number of halogens is 1. The van der Waals surface area contributed by atoms with Crippen LogP contribution in [-0.2, 0) is 22.1 Å². The predicted octanol–water partition coefficient (Wildman–Crippen LogP) is 4.22. The number of amides is 1. The fraction of sp³-hybridized carbons (Fsp3) is 0.136. The average molecular weight is 413 g/mol. The molecule has 1 heterocycles. The van der Waals surface area contributed by atoms with Gasteiger partial charge in [-0.15, -0.1) is 6.58 Å². The molecule has 3 aromatic rings. The molecular formula is C22H20FNO4S. The third kappa shape index (κ3) is 5.00. The number of nitrogens with zero attached hydrogens (tertiary/aromatic N) is 1. The Morgan fingerprint density at radius 2 is 1.72 bits per heavy atom. The first-order valence-electron chi connectivity index (χ1n) is 8.91. The van der Waals surface area contributed by atoms with E-state index < -0.39 is 21.6 Å². The monoisotopic (exact) mass is 413 g/mol. The van der Waals surface area contributed by atoms with E-state index in [9.17, 15) is 17.6 Å². The van der Waals surface area contributed by atoms with Crippen molar-refractivity contribution in [2.45, 2.75) is 17.2 Å². The van der Waals surface area contributed by atoms with E-state index in [1.54, 1.807) is 36.4 Å². The third-order valence-electron chi connectivity index (χ3n) is 4.26. The summed E-state index contributed by atoms with van der Waals surface area (Å²) in [5.74, 6) is -1.11. The number of hydrogen-bond donors (Lipinski definition) is 0. The van der Waals surface area contributed by atoms with Crippen molar-refractivity contribution in [3.63, 3.8) is 0 Å². The van der Waals surface area contributed by atoms with Crippen LogP contribution in [0.25, 0.3) is 0 Å². The van der Waals surface area contributed by atoms with Gasteiger partial charge in [-0.05, 0) is 30.3 Å². The Labute approximate surface area is 169 Å². The lowest BCUT2D eigenvalue weighted by Gasteiger charge is -2.20. The molecule has 7 heteroatoms. The van der Waals surface area contributed by atoms with E-state index in [4.69, 9.17) is 4.42 Å². The van der Waals surface area contributed by atoms with Crippen molar-refractivity contribution in [3.05, 3.63) is 102 Å². The molecule has 1 amide bonds. The molecule has 1 aromatic heterocycles. The van der Waals surface area contributed by atoms with Gasteiger partial charge >= 0.3 is 0 Å². The minimum atomic E-state index is -3.59. The largest absolute Gasteiger partial charge is 0.455 e. The van der Waals surface area contributed by atoms with E-state index in [1.807, 2.05) is 0 Å². The summed E-state index contributed by atoms with van der Waals surface area (Å²) in [4.78, 5) is 14.4. The van der Waals surface area contributed by atoms with Crippen LogP contribution < -0.4 is 0 Å². The number of furan rings is 1. The van der Waals surface area contributed by atoms with E-state index in [0.29, 0.717) is 5.56 Å². The van der Waals surface area contributed by atoms with Crippen molar-refractivity contribution in [2.24, 2.45) is 0 Å². The molecule has 0 aliphatic carbocycles. The summed E-state index contributed by atoms with van der Waals surface area (Å²) in [5, 5.41) is 0. The topological polar surface area (TPSA) is 67.6 Å². The van der Waals surface area contributed by atoms with Crippen molar-refractivity contribution in [3.8, 4) is 0 Å². The van der Waals surface area contributed by atoms with Gasteiger partial charge in [-0.25, -0.2) is 12.8 Å². The zero-order valence-corrected chi connectivity index (χ0v) is 16.4. The third-order valence-corrected chi connectivity index (χ3v) is 5.92. The van der Waals surface area contributed by atoms with Gasteiger partial charge in [0.25, 0.3) is 5.91 Å². The molecule has 0 aliphatic rings. The minimum Gasteiger partial charge on any atom is -0.455 e. The van der Waals surface area contributed by atoms with Crippen LogP contribution in [0.5, 0.6) is 0 Å². The summed E-state index contributed by atoms with van der Waals surface area (Å²) in [7, 11) is -3.59. The summed E-state index contributed by atoms with van der Waals surface area (Å²) in [6, 6.07) is 17.1. The maximum absolute atomic E-state index is 14.0. The van der Waals surface area contributed by atoms with E-state index >= 15 is 0 Å². The summed E-state index contributed by atoms with van der Waals surface area (Å²) in [5.41, 5.74) is 0.362. The van der Waals surface area contributed by atoms with Crippen molar-refractivity contribution < 1.29 is 22.0 Å². The first-order valence-corrected chi connectivity index (χ1v) is 10.6. The highest BCUT2D eigenvalue weighted by molar-refractivity contribution is 7.90. The van der Waals surface area contributed by atoms with Crippen LogP contribution in [0.3, 0.4) is 0 Å². The Morgan fingerprint density at radius 3 is 2.41 bits per heavy atom.